The summed E-state index contributed by atoms with van der Waals surface area (Å²) < 4.78 is 112. The molecule has 0 spiro atoms. The largest absolute Gasteiger partial charge is 0.397 e. The molecule has 0 aromatic rings. The molecule has 4 aliphatic carbocycles. The van der Waals surface area contributed by atoms with Crippen molar-refractivity contribution in [3.8, 4) is 0 Å². The van der Waals surface area contributed by atoms with Crippen LogP contribution < -0.4 is 0 Å². The van der Waals surface area contributed by atoms with Crippen LogP contribution in [0.3, 0.4) is 0 Å². The molecule has 6 heterocycles. The van der Waals surface area contributed by atoms with Crippen molar-refractivity contribution in [2.75, 3.05) is 19.8 Å². The molecule has 6 saturated heterocycles. The number of hydrogen-bond donors (Lipinski definition) is 17. The monoisotopic (exact) mass is 1380 g/mol. The van der Waals surface area contributed by atoms with Gasteiger partial charge in [0.05, 0.1) is 62.0 Å². The number of aliphatic hydroxyl groups is 16. The van der Waals surface area contributed by atoms with Gasteiger partial charge in [-0.25, -0.2) is 4.18 Å². The minimum absolute atomic E-state index is 0.00388. The minimum Gasteiger partial charge on any atom is -0.394 e. The maximum Gasteiger partial charge on any atom is 0.397 e. The first-order valence-electron chi connectivity index (χ1n) is 33.0. The molecule has 38 atom stereocenters. The summed E-state index contributed by atoms with van der Waals surface area (Å²) in [6, 6.07) is 0. The van der Waals surface area contributed by atoms with Crippen LogP contribution in [0.2, 0.25) is 0 Å². The molecule has 32 nitrogen and oxygen atoms in total. The predicted octanol–water partition coefficient (Wildman–Crippen LogP) is -4.42. The molecule has 0 unspecified atom stereocenters. The number of rotatable bonds is 21. The molecular formula is C61H102O32S. The molecule has 0 amide bonds. The Morgan fingerprint density at radius 3 is 1.66 bits per heavy atom. The van der Waals surface area contributed by atoms with Crippen LogP contribution in [-0.4, -0.2) is 310 Å². The Morgan fingerprint density at radius 2 is 1.07 bits per heavy atom. The van der Waals surface area contributed by atoms with Gasteiger partial charge in [-0.1, -0.05) is 39.3 Å². The van der Waals surface area contributed by atoms with E-state index in [0.717, 1.165) is 12.0 Å². The molecule has 0 aromatic heterocycles. The molecule has 0 bridgehead atoms. The summed E-state index contributed by atoms with van der Waals surface area (Å²) in [6.07, 6.45) is -45.2. The van der Waals surface area contributed by atoms with Crippen LogP contribution in [0.15, 0.2) is 11.6 Å². The fraction of sp³-hybridized carbons (Fsp3) is 0.967. The Morgan fingerprint density at radius 1 is 0.574 bits per heavy atom. The average Bonchev–Trinajstić information content (AvgIpc) is 1.34. The van der Waals surface area contributed by atoms with E-state index in [1.54, 1.807) is 6.92 Å². The lowest BCUT2D eigenvalue weighted by atomic mass is 9.47. The van der Waals surface area contributed by atoms with Gasteiger partial charge in [0, 0.05) is 6.42 Å². The van der Waals surface area contributed by atoms with Crippen molar-refractivity contribution in [2.24, 2.45) is 40.4 Å². The highest BCUT2D eigenvalue weighted by molar-refractivity contribution is 7.80. The van der Waals surface area contributed by atoms with E-state index in [2.05, 4.69) is 19.9 Å². The lowest BCUT2D eigenvalue weighted by molar-refractivity contribution is -0.400. The topological polar surface area (TPSA) is 498 Å². The van der Waals surface area contributed by atoms with Crippen LogP contribution in [0.5, 0.6) is 0 Å². The van der Waals surface area contributed by atoms with Crippen LogP contribution >= 0.6 is 0 Å². The van der Waals surface area contributed by atoms with Crippen molar-refractivity contribution in [1.82, 2.24) is 0 Å². The van der Waals surface area contributed by atoms with Gasteiger partial charge >= 0.3 is 10.4 Å². The van der Waals surface area contributed by atoms with E-state index in [4.69, 9.17) is 61.0 Å². The lowest BCUT2D eigenvalue weighted by Crippen LogP contribution is -2.67. The molecular weight excluding hydrogens is 1280 g/mol. The second kappa shape index (κ2) is 29.5. The zero-order valence-corrected chi connectivity index (χ0v) is 54.8. The van der Waals surface area contributed by atoms with Gasteiger partial charge in [-0.2, -0.15) is 8.42 Å². The summed E-state index contributed by atoms with van der Waals surface area (Å²) in [5.74, 6) is -0.658. The Hall–Kier alpha value is -1.51. The van der Waals surface area contributed by atoms with Gasteiger partial charge in [-0.3, -0.25) is 4.55 Å². The first-order chi connectivity index (χ1) is 44.0. The Bertz CT molecular complexity index is 2650. The third-order valence-electron chi connectivity index (χ3n) is 22.3. The maximum atomic E-state index is 12.5. The van der Waals surface area contributed by atoms with Crippen molar-refractivity contribution in [2.45, 2.75) is 309 Å². The standard InChI is InChI=1S/C61H102O32S/c1-22(2)15-26(64)18-61(8,77)36-10-9-29-28-17-32(31-16-27(93-94(78,79)80)11-13-59(31,6)30(28)12-14-60(29,36)7)85-55-47(75)50(39(67)24(4)83-55)90-57-51(91-53-46(74)43(71)37(65)23(3)82-53)42(70)35(21-81-57)88-58-52(44(72)40(68)33(19-62)87-58)92-56-48(76)49(38(66)25(5)84-56)89-54-45(73)41(69)34(20-63)86-54/h12,22-29,31-58,62-77H,9-11,13-21H2,1-8H3,(H,78,79,80)/t23-,24-,25-,26+,27+,28+,29+,31-,32+,33-,34+,35-,36+,37-,38+,39-,40+,41+,42+,43+,44+,45-,46-,47-,48-,49+,50+,51-,52-,53+,54+,55+,56+,57+,58+,59-,60+,61+/m1/s1. The summed E-state index contributed by atoms with van der Waals surface area (Å²) in [4.78, 5) is 0. The van der Waals surface area contributed by atoms with Gasteiger partial charge in [-0.15, -0.1) is 0 Å². The number of ether oxygens (including phenoxy) is 12. The van der Waals surface area contributed by atoms with Crippen molar-refractivity contribution >= 4 is 10.4 Å². The third kappa shape index (κ3) is 14.9. The maximum absolute atomic E-state index is 12.5. The van der Waals surface area contributed by atoms with E-state index < -0.39 is 243 Å². The fourth-order valence-corrected chi connectivity index (χ4v) is 17.8. The normalized spacial score (nSPS) is 51.9. The Kier molecular flexibility index (Phi) is 23.5. The summed E-state index contributed by atoms with van der Waals surface area (Å²) in [7, 11) is -4.90. The number of allylic oxidation sites excluding steroid dienone is 2. The molecule has 0 radical (unpaired) electrons. The van der Waals surface area contributed by atoms with E-state index in [-0.39, 0.29) is 42.9 Å². The lowest BCUT2D eigenvalue weighted by Gasteiger charge is -2.60. The molecule has 0 aromatic carbocycles. The van der Waals surface area contributed by atoms with E-state index in [1.165, 1.54) is 20.8 Å². The van der Waals surface area contributed by atoms with E-state index in [0.29, 0.717) is 32.1 Å². The quantitative estimate of drug-likeness (QED) is 0.0381. The molecule has 10 aliphatic rings. The summed E-state index contributed by atoms with van der Waals surface area (Å²) in [6.45, 7) is 11.9. The van der Waals surface area contributed by atoms with Gasteiger partial charge < -0.3 is 139 Å². The molecule has 3 saturated carbocycles. The highest BCUT2D eigenvalue weighted by atomic mass is 32.3. The highest BCUT2D eigenvalue weighted by Gasteiger charge is 2.64. The summed E-state index contributed by atoms with van der Waals surface area (Å²) in [5, 5.41) is 179. The molecule has 9 fully saturated rings. The first-order valence-corrected chi connectivity index (χ1v) is 34.4. The van der Waals surface area contributed by atoms with Crippen molar-refractivity contribution in [3.05, 3.63) is 11.6 Å². The van der Waals surface area contributed by atoms with E-state index in [1.807, 2.05) is 13.8 Å². The van der Waals surface area contributed by atoms with E-state index >= 15 is 0 Å². The zero-order chi connectivity index (χ0) is 68.7. The van der Waals surface area contributed by atoms with Gasteiger partial charge in [0.25, 0.3) is 0 Å². The van der Waals surface area contributed by atoms with Crippen LogP contribution in [0, 0.1) is 40.4 Å². The summed E-state index contributed by atoms with van der Waals surface area (Å²) in [5.41, 5.74) is -1.17. The number of hydrogen-bond acceptors (Lipinski definition) is 31. The fourth-order valence-electron chi connectivity index (χ4n) is 17.2. The van der Waals surface area contributed by atoms with Crippen molar-refractivity contribution in [3.63, 3.8) is 0 Å². The first kappa shape index (κ1) is 75.2. The average molecular weight is 1380 g/mol. The second-order valence-electron chi connectivity index (χ2n) is 29.2. The van der Waals surface area contributed by atoms with Crippen LogP contribution in [0.25, 0.3) is 0 Å². The van der Waals surface area contributed by atoms with Gasteiger partial charge in [0.1, 0.15) is 116 Å². The Balaban J connectivity index is 0.903. The molecule has 33 heteroatoms. The molecule has 17 N–H and O–H groups in total. The highest BCUT2D eigenvalue weighted by Crippen LogP contribution is 2.68. The van der Waals surface area contributed by atoms with Crippen LogP contribution in [0.4, 0.5) is 0 Å². The number of fused-ring (bicyclic) bond motifs is 5. The van der Waals surface area contributed by atoms with Crippen LogP contribution in [0.1, 0.15) is 113 Å². The molecule has 94 heavy (non-hydrogen) atoms. The van der Waals surface area contributed by atoms with Crippen molar-refractivity contribution < 1.29 is 156 Å². The predicted molar refractivity (Wildman–Crippen MR) is 313 cm³/mol. The molecule has 544 valence electrons. The van der Waals surface area contributed by atoms with Crippen LogP contribution in [-0.2, 0) is 71.4 Å². The van der Waals surface area contributed by atoms with E-state index in [9.17, 15) is 94.7 Å². The second-order valence-corrected chi connectivity index (χ2v) is 30.2. The van der Waals surface area contributed by atoms with Crippen molar-refractivity contribution in [1.29, 1.82) is 0 Å². The third-order valence-corrected chi connectivity index (χ3v) is 22.8. The molecule has 6 aliphatic heterocycles. The molecule has 10 rings (SSSR count). The van der Waals surface area contributed by atoms with Gasteiger partial charge in [0.2, 0.25) is 0 Å². The Labute approximate surface area is 545 Å². The smallest absolute Gasteiger partial charge is 0.394 e. The SMILES string of the molecule is CC(C)C[C@H](O)C[C@](C)(O)[C@H]1CC[C@H]2[C@@H]3C[C@H](O[C@@H]4O[C@H](C)[C@@H](O)[C@H](O[C@@H]5OC[C@@H](O[C@@H]6O[C@H](CO)[C@H](O)[C@H](O)[C@H]6O[C@@H]6O[C@H](C)[C@H](O)[C@H](O[C@@H]7O[C@@H](CO)[C@H](O)[C@H]7O)[C@H]6O)[C@H](O)[C@H]5O[C@@H]5O[C@H](C)[C@@H](O)[C@H](O)[C@H]5O)[C@H]4O)[C@H]4C[C@@H](OS(=O)(=O)O)CC[C@]4(C)C3=CC[C@@]21C. The minimum atomic E-state index is -4.90. The zero-order valence-electron chi connectivity index (χ0n) is 54.0. The summed E-state index contributed by atoms with van der Waals surface area (Å²) >= 11 is 0. The van der Waals surface area contributed by atoms with Gasteiger partial charge in [-0.05, 0) is 119 Å². The number of aliphatic hydroxyl groups excluding tert-OH is 15. The van der Waals surface area contributed by atoms with Gasteiger partial charge in [0.15, 0.2) is 37.7 Å².